The minimum absolute atomic E-state index is 0.230. The molecule has 1 aliphatic heterocycles. The van der Waals surface area contributed by atoms with E-state index in [1.54, 1.807) is 30.5 Å². The topological polar surface area (TPSA) is 70.9 Å². The van der Waals surface area contributed by atoms with Crippen LogP contribution < -0.4 is 5.43 Å². The molecule has 0 aromatic heterocycles. The zero-order valence-corrected chi connectivity index (χ0v) is 10.2. The molecule has 2 rings (SSSR count). The fourth-order valence-electron chi connectivity index (χ4n) is 1.49. The summed E-state index contributed by atoms with van der Waals surface area (Å²) in [6.07, 6.45) is 3.54. The van der Waals surface area contributed by atoms with Crippen molar-refractivity contribution in [2.24, 2.45) is 9.50 Å². The molecule has 1 aromatic rings. The maximum Gasteiger partial charge on any atom is 0.285 e. The van der Waals surface area contributed by atoms with Gasteiger partial charge in [0.2, 0.25) is 0 Å². The van der Waals surface area contributed by atoms with Crippen molar-refractivity contribution >= 4 is 22.1 Å². The van der Waals surface area contributed by atoms with E-state index in [0.717, 1.165) is 12.8 Å². The number of hydrazone groups is 1. The molecule has 6 heteroatoms. The molecule has 1 aliphatic rings. The Morgan fingerprint density at radius 3 is 2.94 bits per heavy atom. The summed E-state index contributed by atoms with van der Waals surface area (Å²) in [7, 11) is -3.55. The number of hydrogen-bond donors (Lipinski definition) is 1. The van der Waals surface area contributed by atoms with Crippen LogP contribution in [0.4, 0.5) is 0 Å². The Labute approximate surface area is 100 Å². The predicted octanol–water partition coefficient (Wildman–Crippen LogP) is 1.51. The summed E-state index contributed by atoms with van der Waals surface area (Å²) in [6.45, 7) is 2.04. The molecule has 1 N–H and O–H groups in total. The van der Waals surface area contributed by atoms with Gasteiger partial charge in [-0.2, -0.15) is 13.5 Å². The maximum absolute atomic E-state index is 11.7. The van der Waals surface area contributed by atoms with Gasteiger partial charge in [0, 0.05) is 11.8 Å². The van der Waals surface area contributed by atoms with Crippen LogP contribution in [0.3, 0.4) is 0 Å². The number of fused-ring (bicyclic) bond motifs is 1. The lowest BCUT2D eigenvalue weighted by Crippen LogP contribution is -2.16. The lowest BCUT2D eigenvalue weighted by molar-refractivity contribution is 0.599. The average Bonchev–Trinajstić information content (AvgIpc) is 2.58. The monoisotopic (exact) mass is 251 g/mol. The first kappa shape index (κ1) is 11.8. The Kier molecular flexibility index (Phi) is 3.23. The normalized spacial score (nSPS) is 16.9. The van der Waals surface area contributed by atoms with Crippen LogP contribution in [0.25, 0.3) is 0 Å². The smallest absolute Gasteiger partial charge is 0.260 e. The number of nitrogens with one attached hydrogen (secondary N) is 1. The van der Waals surface area contributed by atoms with Crippen LogP contribution >= 0.6 is 0 Å². The highest BCUT2D eigenvalue weighted by Gasteiger charge is 2.27. The Morgan fingerprint density at radius 2 is 2.18 bits per heavy atom. The van der Waals surface area contributed by atoms with Crippen molar-refractivity contribution in [2.75, 3.05) is 0 Å². The van der Waals surface area contributed by atoms with Crippen LogP contribution in [0.2, 0.25) is 0 Å². The molecule has 0 spiro atoms. The van der Waals surface area contributed by atoms with E-state index in [4.69, 9.17) is 0 Å². The number of rotatable bonds is 3. The summed E-state index contributed by atoms with van der Waals surface area (Å²) in [5, 5.41) is 3.94. The summed E-state index contributed by atoms with van der Waals surface area (Å²) >= 11 is 0. The molecule has 90 valence electrons. The highest BCUT2D eigenvalue weighted by Crippen LogP contribution is 2.24. The average molecular weight is 251 g/mol. The van der Waals surface area contributed by atoms with Gasteiger partial charge in [-0.05, 0) is 18.6 Å². The van der Waals surface area contributed by atoms with E-state index in [9.17, 15) is 8.42 Å². The van der Waals surface area contributed by atoms with Crippen molar-refractivity contribution in [3.05, 3.63) is 29.8 Å². The fraction of sp³-hybridized carbons (Fsp3) is 0.273. The SMILES string of the molecule is CCCC=NNC1=NS(=O)(=O)c2ccccc21. The first-order valence-electron chi connectivity index (χ1n) is 5.37. The second-order valence-corrected chi connectivity index (χ2v) is 5.20. The predicted molar refractivity (Wildman–Crippen MR) is 66.7 cm³/mol. The minimum Gasteiger partial charge on any atom is -0.260 e. The molecule has 0 unspecified atom stereocenters. The third kappa shape index (κ3) is 2.36. The van der Waals surface area contributed by atoms with Gasteiger partial charge in [0.15, 0.2) is 5.84 Å². The maximum atomic E-state index is 11.7. The van der Waals surface area contributed by atoms with E-state index in [1.165, 1.54) is 0 Å². The lowest BCUT2D eigenvalue weighted by atomic mass is 10.2. The van der Waals surface area contributed by atoms with Gasteiger partial charge >= 0.3 is 0 Å². The standard InChI is InChI=1S/C11H13N3O2S/c1-2-3-8-12-13-11-9-6-4-5-7-10(9)17(15,16)14-11/h4-8H,2-3H2,1H3,(H,13,14). The van der Waals surface area contributed by atoms with Crippen molar-refractivity contribution in [3.8, 4) is 0 Å². The highest BCUT2D eigenvalue weighted by molar-refractivity contribution is 7.90. The van der Waals surface area contributed by atoms with Crippen LogP contribution in [0.15, 0.2) is 38.7 Å². The Bertz CT molecular complexity index is 576. The number of benzene rings is 1. The van der Waals surface area contributed by atoms with E-state index in [2.05, 4.69) is 14.9 Å². The number of sulfonamides is 1. The Morgan fingerprint density at radius 1 is 1.41 bits per heavy atom. The van der Waals surface area contributed by atoms with Crippen molar-refractivity contribution in [1.82, 2.24) is 5.43 Å². The number of amidine groups is 1. The summed E-state index contributed by atoms with van der Waals surface area (Å²) in [5.41, 5.74) is 3.24. The molecule has 0 bridgehead atoms. The zero-order chi connectivity index (χ0) is 12.3. The minimum atomic E-state index is -3.55. The third-order valence-corrected chi connectivity index (χ3v) is 3.65. The lowest BCUT2D eigenvalue weighted by Gasteiger charge is -1.99. The summed E-state index contributed by atoms with van der Waals surface area (Å²) in [5.74, 6) is 0.285. The molecule has 17 heavy (non-hydrogen) atoms. The molecular formula is C11H13N3O2S. The molecule has 0 atom stereocenters. The van der Waals surface area contributed by atoms with Gasteiger partial charge in [-0.15, -0.1) is 4.40 Å². The second kappa shape index (κ2) is 4.67. The Hall–Kier alpha value is -1.69. The summed E-state index contributed by atoms with van der Waals surface area (Å²) in [6, 6.07) is 6.70. The van der Waals surface area contributed by atoms with Crippen molar-refractivity contribution < 1.29 is 8.42 Å². The van der Waals surface area contributed by atoms with E-state index >= 15 is 0 Å². The first-order valence-corrected chi connectivity index (χ1v) is 6.81. The van der Waals surface area contributed by atoms with E-state index in [0.29, 0.717) is 5.56 Å². The van der Waals surface area contributed by atoms with Crippen LogP contribution in [0.5, 0.6) is 0 Å². The highest BCUT2D eigenvalue weighted by atomic mass is 32.2. The number of unbranched alkanes of at least 4 members (excludes halogenated alkanes) is 1. The van der Waals surface area contributed by atoms with Crippen LogP contribution in [0.1, 0.15) is 25.3 Å². The van der Waals surface area contributed by atoms with Gasteiger partial charge in [0.25, 0.3) is 10.0 Å². The van der Waals surface area contributed by atoms with Crippen LogP contribution in [0, 0.1) is 0 Å². The van der Waals surface area contributed by atoms with Crippen LogP contribution in [-0.2, 0) is 10.0 Å². The molecule has 1 aromatic carbocycles. The van der Waals surface area contributed by atoms with Gasteiger partial charge < -0.3 is 0 Å². The molecule has 0 aliphatic carbocycles. The molecule has 0 amide bonds. The molecule has 0 fully saturated rings. The second-order valence-electron chi connectivity index (χ2n) is 3.62. The quantitative estimate of drug-likeness (QED) is 0.654. The van der Waals surface area contributed by atoms with Gasteiger partial charge in [-0.3, -0.25) is 5.43 Å². The molecular weight excluding hydrogens is 238 g/mol. The van der Waals surface area contributed by atoms with Gasteiger partial charge in [-0.25, -0.2) is 0 Å². The summed E-state index contributed by atoms with van der Waals surface area (Å²) in [4.78, 5) is 0.230. The van der Waals surface area contributed by atoms with Crippen molar-refractivity contribution in [2.45, 2.75) is 24.7 Å². The largest absolute Gasteiger partial charge is 0.285 e. The molecule has 0 saturated carbocycles. The van der Waals surface area contributed by atoms with Gasteiger partial charge in [0.05, 0.1) is 0 Å². The first-order chi connectivity index (χ1) is 8.15. The zero-order valence-electron chi connectivity index (χ0n) is 9.42. The fourth-order valence-corrected chi connectivity index (χ4v) is 2.66. The molecule has 0 radical (unpaired) electrons. The van der Waals surface area contributed by atoms with Crippen molar-refractivity contribution in [3.63, 3.8) is 0 Å². The van der Waals surface area contributed by atoms with Crippen molar-refractivity contribution in [1.29, 1.82) is 0 Å². The van der Waals surface area contributed by atoms with E-state index in [-0.39, 0.29) is 10.7 Å². The molecule has 5 nitrogen and oxygen atoms in total. The third-order valence-electron chi connectivity index (χ3n) is 2.31. The van der Waals surface area contributed by atoms with E-state index < -0.39 is 10.0 Å². The van der Waals surface area contributed by atoms with Crippen LogP contribution in [-0.4, -0.2) is 20.5 Å². The summed E-state index contributed by atoms with van der Waals surface area (Å²) < 4.78 is 27.0. The molecule has 0 saturated heterocycles. The molecule has 1 heterocycles. The van der Waals surface area contributed by atoms with E-state index in [1.807, 2.05) is 6.92 Å². The van der Waals surface area contributed by atoms with Gasteiger partial charge in [0.1, 0.15) is 4.90 Å². The number of nitrogens with zero attached hydrogens (tertiary/aromatic N) is 2. The number of hydrogen-bond acceptors (Lipinski definition) is 4. The Balaban J connectivity index is 2.26. The van der Waals surface area contributed by atoms with Gasteiger partial charge in [-0.1, -0.05) is 25.5 Å².